The van der Waals surface area contributed by atoms with E-state index in [4.69, 9.17) is 14.2 Å². The first-order valence-corrected chi connectivity index (χ1v) is 7.08. The Balaban J connectivity index is 1.70. The molecule has 2 heterocycles. The van der Waals surface area contributed by atoms with Gasteiger partial charge in [0.25, 0.3) is 5.91 Å². The second-order valence-electron chi connectivity index (χ2n) is 4.93. The van der Waals surface area contributed by atoms with Gasteiger partial charge in [0.1, 0.15) is 11.5 Å². The molecule has 3 rings (SSSR count). The summed E-state index contributed by atoms with van der Waals surface area (Å²) in [6, 6.07) is 9.25. The number of carbonyl (C=O) groups excluding carboxylic acids is 1. The minimum atomic E-state index is -0.176. The van der Waals surface area contributed by atoms with Gasteiger partial charge in [0.2, 0.25) is 5.88 Å². The van der Waals surface area contributed by atoms with Gasteiger partial charge in [-0.15, -0.1) is 0 Å². The number of rotatable bonds is 5. The fourth-order valence-electron chi connectivity index (χ4n) is 2.25. The molecule has 2 N–H and O–H groups in total. The number of fused-ring (bicyclic) bond motifs is 1. The molecule has 2 aromatic rings. The Hall–Kier alpha value is -2.96. The van der Waals surface area contributed by atoms with E-state index in [0.717, 1.165) is 5.56 Å². The molecule has 0 saturated heterocycles. The molecule has 0 unspecified atom stereocenters. The lowest BCUT2D eigenvalue weighted by molar-refractivity contribution is -0.118. The largest absolute Gasteiger partial charge is 0.493 e. The molecular weight excluding hydrogens is 298 g/mol. The van der Waals surface area contributed by atoms with Crippen molar-refractivity contribution in [3.8, 4) is 17.4 Å². The Morgan fingerprint density at radius 2 is 2.04 bits per heavy atom. The molecule has 0 spiro atoms. The van der Waals surface area contributed by atoms with Gasteiger partial charge in [-0.2, -0.15) is 4.98 Å². The zero-order chi connectivity index (χ0) is 16.2. The van der Waals surface area contributed by atoms with E-state index in [2.05, 4.69) is 15.6 Å². The number of nitrogens with zero attached hydrogens (tertiary/aromatic N) is 1. The molecule has 1 aromatic carbocycles. The van der Waals surface area contributed by atoms with Gasteiger partial charge < -0.3 is 24.8 Å². The number of ether oxygens (including phenoxy) is 3. The molecule has 1 aromatic heterocycles. The van der Waals surface area contributed by atoms with Crippen LogP contribution in [0.2, 0.25) is 0 Å². The lowest BCUT2D eigenvalue weighted by Gasteiger charge is -2.17. The van der Waals surface area contributed by atoms with Gasteiger partial charge in [0.05, 0.1) is 14.2 Å². The standard InChI is InChI=1S/C16H17N3O4/c1-21-12-5-3-10(7-13(12)22-2)8-17-14-6-4-11-16(19-14)23-9-15(20)18-11/h3-7H,8-9H2,1-2H3,(H,17,19)(H,18,20). The molecule has 0 saturated carbocycles. The molecule has 120 valence electrons. The van der Waals surface area contributed by atoms with Crippen LogP contribution >= 0.6 is 0 Å². The number of hydrogen-bond donors (Lipinski definition) is 2. The van der Waals surface area contributed by atoms with Crippen LogP contribution in [0.4, 0.5) is 11.5 Å². The first-order valence-electron chi connectivity index (χ1n) is 7.08. The summed E-state index contributed by atoms with van der Waals surface area (Å²) in [5, 5.41) is 5.91. The molecule has 0 atom stereocenters. The Morgan fingerprint density at radius 3 is 2.83 bits per heavy atom. The average molecular weight is 315 g/mol. The Bertz CT molecular complexity index is 733. The highest BCUT2D eigenvalue weighted by Gasteiger charge is 2.17. The molecule has 0 radical (unpaired) electrons. The van der Waals surface area contributed by atoms with E-state index >= 15 is 0 Å². The molecule has 1 aliphatic heterocycles. The normalized spacial score (nSPS) is 12.7. The maximum Gasteiger partial charge on any atom is 0.262 e. The minimum Gasteiger partial charge on any atom is -0.493 e. The third-order valence-electron chi connectivity index (χ3n) is 3.40. The van der Waals surface area contributed by atoms with Crippen LogP contribution in [0.3, 0.4) is 0 Å². The van der Waals surface area contributed by atoms with Gasteiger partial charge in [0.15, 0.2) is 18.1 Å². The third kappa shape index (κ3) is 3.28. The van der Waals surface area contributed by atoms with Crippen LogP contribution in [0.25, 0.3) is 0 Å². The van der Waals surface area contributed by atoms with Gasteiger partial charge in [-0.1, -0.05) is 6.07 Å². The number of anilines is 2. The van der Waals surface area contributed by atoms with Crippen LogP contribution < -0.4 is 24.8 Å². The number of carbonyl (C=O) groups is 1. The maximum atomic E-state index is 11.2. The molecule has 0 bridgehead atoms. The summed E-state index contributed by atoms with van der Waals surface area (Å²) in [4.78, 5) is 15.6. The third-order valence-corrected chi connectivity index (χ3v) is 3.40. The SMILES string of the molecule is COc1ccc(CNc2ccc3c(n2)OCC(=O)N3)cc1OC. The second kappa shape index (κ2) is 6.43. The highest BCUT2D eigenvalue weighted by atomic mass is 16.5. The fourth-order valence-corrected chi connectivity index (χ4v) is 2.25. The molecule has 0 fully saturated rings. The molecule has 1 aliphatic rings. The summed E-state index contributed by atoms with van der Waals surface area (Å²) in [5.74, 6) is 2.27. The van der Waals surface area contributed by atoms with Crippen molar-refractivity contribution in [3.63, 3.8) is 0 Å². The van der Waals surface area contributed by atoms with Gasteiger partial charge in [-0.05, 0) is 29.8 Å². The highest BCUT2D eigenvalue weighted by molar-refractivity contribution is 5.95. The minimum absolute atomic E-state index is 0.0147. The average Bonchev–Trinajstić information content (AvgIpc) is 2.59. The smallest absolute Gasteiger partial charge is 0.262 e. The van der Waals surface area contributed by atoms with E-state index < -0.39 is 0 Å². The molecular formula is C16H17N3O4. The van der Waals surface area contributed by atoms with Crippen molar-refractivity contribution in [2.75, 3.05) is 31.5 Å². The summed E-state index contributed by atoms with van der Waals surface area (Å²) in [5.41, 5.74) is 1.61. The summed E-state index contributed by atoms with van der Waals surface area (Å²) in [7, 11) is 3.21. The van der Waals surface area contributed by atoms with Crippen LogP contribution in [0.1, 0.15) is 5.56 Å². The van der Waals surface area contributed by atoms with Gasteiger partial charge >= 0.3 is 0 Å². The van der Waals surface area contributed by atoms with E-state index in [9.17, 15) is 4.79 Å². The van der Waals surface area contributed by atoms with Crippen LogP contribution in [0.5, 0.6) is 17.4 Å². The van der Waals surface area contributed by atoms with Crippen molar-refractivity contribution >= 4 is 17.4 Å². The number of benzene rings is 1. The lowest BCUT2D eigenvalue weighted by atomic mass is 10.2. The number of hydrogen-bond acceptors (Lipinski definition) is 6. The summed E-state index contributed by atoms with van der Waals surface area (Å²) in [6.07, 6.45) is 0. The first kappa shape index (κ1) is 15.0. The number of nitrogens with one attached hydrogen (secondary N) is 2. The number of aromatic nitrogens is 1. The van der Waals surface area contributed by atoms with Crippen molar-refractivity contribution in [3.05, 3.63) is 35.9 Å². The predicted molar refractivity (Wildman–Crippen MR) is 85.2 cm³/mol. The number of amides is 1. The van der Waals surface area contributed by atoms with E-state index in [0.29, 0.717) is 35.4 Å². The predicted octanol–water partition coefficient (Wildman–Crippen LogP) is 2.04. The summed E-state index contributed by atoms with van der Waals surface area (Å²) >= 11 is 0. The first-order chi connectivity index (χ1) is 11.2. The second-order valence-corrected chi connectivity index (χ2v) is 4.93. The summed E-state index contributed by atoms with van der Waals surface area (Å²) < 4.78 is 15.8. The maximum absolute atomic E-state index is 11.2. The highest BCUT2D eigenvalue weighted by Crippen LogP contribution is 2.29. The molecule has 23 heavy (non-hydrogen) atoms. The molecule has 1 amide bonds. The molecule has 0 aliphatic carbocycles. The van der Waals surface area contributed by atoms with Crippen LogP contribution in [-0.2, 0) is 11.3 Å². The van der Waals surface area contributed by atoms with Crippen molar-refractivity contribution in [1.82, 2.24) is 4.98 Å². The Morgan fingerprint density at radius 1 is 1.22 bits per heavy atom. The van der Waals surface area contributed by atoms with E-state index in [1.807, 2.05) is 18.2 Å². The molecule has 7 heteroatoms. The van der Waals surface area contributed by atoms with Crippen molar-refractivity contribution in [2.24, 2.45) is 0 Å². The van der Waals surface area contributed by atoms with Crippen LogP contribution in [-0.4, -0.2) is 31.7 Å². The number of methoxy groups -OCH3 is 2. The van der Waals surface area contributed by atoms with Crippen LogP contribution in [0, 0.1) is 0 Å². The zero-order valence-electron chi connectivity index (χ0n) is 12.9. The fraction of sp³-hybridized carbons (Fsp3) is 0.250. The monoisotopic (exact) mass is 315 g/mol. The topological polar surface area (TPSA) is 81.7 Å². The van der Waals surface area contributed by atoms with Gasteiger partial charge in [0, 0.05) is 6.54 Å². The quantitative estimate of drug-likeness (QED) is 0.879. The van der Waals surface area contributed by atoms with E-state index in [-0.39, 0.29) is 12.5 Å². The van der Waals surface area contributed by atoms with Crippen molar-refractivity contribution in [2.45, 2.75) is 6.54 Å². The summed E-state index contributed by atoms with van der Waals surface area (Å²) in [6.45, 7) is 0.553. The Labute approximate surface area is 133 Å². The van der Waals surface area contributed by atoms with Crippen molar-refractivity contribution < 1.29 is 19.0 Å². The van der Waals surface area contributed by atoms with Crippen LogP contribution in [0.15, 0.2) is 30.3 Å². The lowest BCUT2D eigenvalue weighted by Crippen LogP contribution is -2.26. The number of pyridine rings is 1. The van der Waals surface area contributed by atoms with E-state index in [1.54, 1.807) is 26.4 Å². The van der Waals surface area contributed by atoms with Crippen molar-refractivity contribution in [1.29, 1.82) is 0 Å². The molecule has 7 nitrogen and oxygen atoms in total. The van der Waals surface area contributed by atoms with Gasteiger partial charge in [-0.3, -0.25) is 4.79 Å². The Kier molecular flexibility index (Phi) is 4.18. The zero-order valence-corrected chi connectivity index (χ0v) is 12.9. The van der Waals surface area contributed by atoms with E-state index in [1.165, 1.54) is 0 Å². The van der Waals surface area contributed by atoms with Gasteiger partial charge in [-0.25, -0.2) is 0 Å².